The topological polar surface area (TPSA) is 99.1 Å². The monoisotopic (exact) mass is 326 g/mol. The van der Waals surface area contributed by atoms with Crippen LogP contribution in [0.25, 0.3) is 6.08 Å². The molecule has 24 heavy (non-hydrogen) atoms. The van der Waals surface area contributed by atoms with Crippen LogP contribution >= 0.6 is 0 Å². The summed E-state index contributed by atoms with van der Waals surface area (Å²) >= 11 is 0. The second kappa shape index (κ2) is 5.96. The van der Waals surface area contributed by atoms with E-state index < -0.39 is 11.8 Å². The lowest BCUT2D eigenvalue weighted by molar-refractivity contribution is -0.117. The van der Waals surface area contributed by atoms with E-state index in [0.29, 0.717) is 17.0 Å². The minimum atomic E-state index is -0.571. The number of rotatable bonds is 3. The highest BCUT2D eigenvalue weighted by Gasteiger charge is 2.34. The van der Waals surface area contributed by atoms with Crippen molar-refractivity contribution in [1.29, 1.82) is 0 Å². The molecular formula is C17H14N2O5. The fourth-order valence-electron chi connectivity index (χ4n) is 2.34. The lowest BCUT2D eigenvalue weighted by Crippen LogP contribution is -2.35. The van der Waals surface area contributed by atoms with Crippen LogP contribution in [0.5, 0.6) is 17.2 Å². The minimum Gasteiger partial charge on any atom is -0.508 e. The summed E-state index contributed by atoms with van der Waals surface area (Å²) in [6.07, 6.45) is 1.31. The molecule has 0 aliphatic carbocycles. The maximum atomic E-state index is 12.5. The molecule has 1 heterocycles. The third kappa shape index (κ3) is 2.87. The van der Waals surface area contributed by atoms with Crippen molar-refractivity contribution in [2.45, 2.75) is 0 Å². The molecule has 0 bridgehead atoms. The Bertz CT molecular complexity index is 822. The summed E-state index contributed by atoms with van der Waals surface area (Å²) < 4.78 is 5.05. The van der Waals surface area contributed by atoms with Crippen LogP contribution in [0, 0.1) is 0 Å². The SMILES string of the molecule is COc1ccc(N2NC(=O)/C(=C\c3cc(O)cc(O)c3)C2=O)cc1. The molecule has 7 heteroatoms. The Morgan fingerprint density at radius 3 is 2.25 bits per heavy atom. The number of nitrogens with one attached hydrogen (secondary N) is 1. The number of ether oxygens (including phenoxy) is 1. The van der Waals surface area contributed by atoms with Gasteiger partial charge < -0.3 is 14.9 Å². The number of amides is 2. The first-order valence-corrected chi connectivity index (χ1v) is 7.02. The van der Waals surface area contributed by atoms with Gasteiger partial charge in [0.25, 0.3) is 11.8 Å². The predicted molar refractivity (Wildman–Crippen MR) is 86.4 cm³/mol. The molecule has 1 saturated heterocycles. The Kier molecular flexibility index (Phi) is 3.83. The molecule has 1 fully saturated rings. The normalized spacial score (nSPS) is 15.7. The third-order valence-corrected chi connectivity index (χ3v) is 3.46. The zero-order chi connectivity index (χ0) is 17.3. The van der Waals surface area contributed by atoms with Crippen molar-refractivity contribution in [3.05, 3.63) is 53.6 Å². The Balaban J connectivity index is 1.92. The van der Waals surface area contributed by atoms with E-state index in [1.807, 2.05) is 0 Å². The predicted octanol–water partition coefficient (Wildman–Crippen LogP) is 1.57. The number of phenolic OH excluding ortho intramolecular Hbond substituents is 2. The van der Waals surface area contributed by atoms with Gasteiger partial charge in [-0.15, -0.1) is 0 Å². The highest BCUT2D eigenvalue weighted by molar-refractivity contribution is 6.31. The van der Waals surface area contributed by atoms with Crippen LogP contribution in [-0.2, 0) is 9.59 Å². The van der Waals surface area contributed by atoms with Gasteiger partial charge in [-0.3, -0.25) is 15.0 Å². The highest BCUT2D eigenvalue weighted by atomic mass is 16.5. The van der Waals surface area contributed by atoms with E-state index in [1.54, 1.807) is 24.3 Å². The van der Waals surface area contributed by atoms with E-state index in [2.05, 4.69) is 5.43 Å². The molecule has 3 N–H and O–H groups in total. The molecule has 3 rings (SSSR count). The molecule has 0 saturated carbocycles. The van der Waals surface area contributed by atoms with Crippen LogP contribution in [0.2, 0.25) is 0 Å². The van der Waals surface area contributed by atoms with E-state index >= 15 is 0 Å². The number of nitrogens with zero attached hydrogens (tertiary/aromatic N) is 1. The number of hydrazine groups is 1. The molecule has 0 radical (unpaired) electrons. The molecule has 0 spiro atoms. The molecule has 1 aliphatic heterocycles. The second-order valence-electron chi connectivity index (χ2n) is 5.12. The van der Waals surface area contributed by atoms with Crippen molar-refractivity contribution in [2.24, 2.45) is 0 Å². The number of methoxy groups -OCH3 is 1. The largest absolute Gasteiger partial charge is 0.508 e. The lowest BCUT2D eigenvalue weighted by Gasteiger charge is -2.14. The summed E-state index contributed by atoms with van der Waals surface area (Å²) in [4.78, 5) is 24.5. The van der Waals surface area contributed by atoms with Crippen LogP contribution in [0.1, 0.15) is 5.56 Å². The Morgan fingerprint density at radius 1 is 1.04 bits per heavy atom. The zero-order valence-corrected chi connectivity index (χ0v) is 12.7. The molecule has 0 atom stereocenters. The smallest absolute Gasteiger partial charge is 0.282 e. The van der Waals surface area contributed by atoms with Crippen molar-refractivity contribution in [1.82, 2.24) is 5.43 Å². The van der Waals surface area contributed by atoms with E-state index in [4.69, 9.17) is 4.74 Å². The van der Waals surface area contributed by atoms with Crippen LogP contribution in [0.15, 0.2) is 48.0 Å². The number of aromatic hydroxyl groups is 2. The number of benzene rings is 2. The standard InChI is InChI=1S/C17H14N2O5/c1-24-14-4-2-11(3-5-14)19-17(23)15(16(22)18-19)8-10-6-12(20)9-13(21)7-10/h2-9,20-21H,1H3,(H,18,22)/b15-8+. The summed E-state index contributed by atoms with van der Waals surface area (Å²) in [6.45, 7) is 0. The molecular weight excluding hydrogens is 312 g/mol. The maximum absolute atomic E-state index is 12.5. The summed E-state index contributed by atoms with van der Waals surface area (Å²) in [7, 11) is 1.53. The maximum Gasteiger partial charge on any atom is 0.282 e. The van der Waals surface area contributed by atoms with Gasteiger partial charge in [0.2, 0.25) is 0 Å². The first kappa shape index (κ1) is 15.4. The van der Waals surface area contributed by atoms with Crippen LogP contribution in [0.4, 0.5) is 5.69 Å². The number of carbonyl (C=O) groups excluding carboxylic acids is 2. The molecule has 7 nitrogen and oxygen atoms in total. The number of carbonyl (C=O) groups is 2. The molecule has 0 unspecified atom stereocenters. The molecule has 2 amide bonds. The van der Waals surface area contributed by atoms with Gasteiger partial charge in [0.05, 0.1) is 12.8 Å². The Labute approximate surface area is 137 Å². The second-order valence-corrected chi connectivity index (χ2v) is 5.12. The van der Waals surface area contributed by atoms with Crippen molar-refractivity contribution in [3.8, 4) is 17.2 Å². The van der Waals surface area contributed by atoms with Crippen molar-refractivity contribution in [2.75, 3.05) is 12.1 Å². The summed E-state index contributed by atoms with van der Waals surface area (Å²) in [5.74, 6) is -0.811. The van der Waals surface area contributed by atoms with E-state index in [9.17, 15) is 19.8 Å². The lowest BCUT2D eigenvalue weighted by atomic mass is 10.1. The molecule has 1 aliphatic rings. The van der Waals surface area contributed by atoms with Gasteiger partial charge in [-0.25, -0.2) is 5.01 Å². The Morgan fingerprint density at radius 2 is 1.67 bits per heavy atom. The number of hydrogen-bond donors (Lipinski definition) is 3. The average molecular weight is 326 g/mol. The first-order chi connectivity index (χ1) is 11.5. The zero-order valence-electron chi connectivity index (χ0n) is 12.7. The van der Waals surface area contributed by atoms with Crippen LogP contribution in [0.3, 0.4) is 0 Å². The quantitative estimate of drug-likeness (QED) is 0.587. The van der Waals surface area contributed by atoms with Gasteiger partial charge in [-0.1, -0.05) is 0 Å². The van der Waals surface area contributed by atoms with Crippen LogP contribution < -0.4 is 15.2 Å². The third-order valence-electron chi connectivity index (χ3n) is 3.46. The summed E-state index contributed by atoms with van der Waals surface area (Å²) in [5, 5.41) is 20.1. The van der Waals surface area contributed by atoms with Gasteiger partial charge in [-0.2, -0.15) is 0 Å². The van der Waals surface area contributed by atoms with Crippen molar-refractivity contribution in [3.63, 3.8) is 0 Å². The number of anilines is 1. The number of phenols is 2. The van der Waals surface area contributed by atoms with Crippen molar-refractivity contribution < 1.29 is 24.5 Å². The molecule has 2 aromatic carbocycles. The molecule has 2 aromatic rings. The fourth-order valence-corrected chi connectivity index (χ4v) is 2.34. The van der Waals surface area contributed by atoms with Crippen molar-refractivity contribution >= 4 is 23.6 Å². The molecule has 122 valence electrons. The van der Waals surface area contributed by atoms with Crippen LogP contribution in [-0.4, -0.2) is 29.1 Å². The summed E-state index contributed by atoms with van der Waals surface area (Å²) in [5.41, 5.74) is 3.19. The summed E-state index contributed by atoms with van der Waals surface area (Å²) in [6, 6.07) is 10.4. The van der Waals surface area contributed by atoms with Gasteiger partial charge >= 0.3 is 0 Å². The van der Waals surface area contributed by atoms with E-state index in [1.165, 1.54) is 25.3 Å². The first-order valence-electron chi connectivity index (χ1n) is 7.02. The molecule has 0 aromatic heterocycles. The number of hydrogen-bond acceptors (Lipinski definition) is 5. The van der Waals surface area contributed by atoms with Gasteiger partial charge in [-0.05, 0) is 48.0 Å². The van der Waals surface area contributed by atoms with Gasteiger partial charge in [0.1, 0.15) is 22.8 Å². The average Bonchev–Trinajstić information content (AvgIpc) is 2.82. The van der Waals surface area contributed by atoms with Gasteiger partial charge in [0.15, 0.2) is 0 Å². The van der Waals surface area contributed by atoms with Gasteiger partial charge in [0, 0.05) is 6.07 Å². The Hall–Kier alpha value is -3.48. The fraction of sp³-hybridized carbons (Fsp3) is 0.0588. The van der Waals surface area contributed by atoms with E-state index in [-0.39, 0.29) is 17.1 Å². The van der Waals surface area contributed by atoms with E-state index in [0.717, 1.165) is 11.1 Å². The minimum absolute atomic E-state index is 0.101. The highest BCUT2D eigenvalue weighted by Crippen LogP contribution is 2.26.